The Labute approximate surface area is 177 Å². The molecule has 30 heavy (non-hydrogen) atoms. The second-order valence-electron chi connectivity index (χ2n) is 8.11. The Morgan fingerprint density at radius 3 is 2.50 bits per heavy atom. The summed E-state index contributed by atoms with van der Waals surface area (Å²) >= 11 is 0. The Morgan fingerprint density at radius 2 is 1.80 bits per heavy atom. The maximum atomic E-state index is 12.5. The van der Waals surface area contributed by atoms with Crippen LogP contribution in [0.3, 0.4) is 0 Å². The standard InChI is InChI=1S/C24H29N3O3/c1-24(2,3)30-23(28)26-20(16-18-10-6-5-7-11-18)22-25-14-15-27(22)17-19-12-8-9-13-21(19)29-4/h5-15,20H,16-17H2,1-4H3,(H,26,28). The lowest BCUT2D eigenvalue weighted by Gasteiger charge is -2.24. The zero-order chi connectivity index (χ0) is 21.6. The third-order valence-corrected chi connectivity index (χ3v) is 4.57. The number of hydrogen-bond acceptors (Lipinski definition) is 4. The molecular weight excluding hydrogens is 378 g/mol. The first-order valence-corrected chi connectivity index (χ1v) is 10.0. The van der Waals surface area contributed by atoms with Crippen LogP contribution in [0.5, 0.6) is 5.75 Å². The topological polar surface area (TPSA) is 65.4 Å². The molecule has 1 atom stereocenters. The number of nitrogens with zero attached hydrogens (tertiary/aromatic N) is 2. The number of imidazole rings is 1. The van der Waals surface area contributed by atoms with E-state index < -0.39 is 11.7 Å². The van der Waals surface area contributed by atoms with E-state index in [-0.39, 0.29) is 6.04 Å². The Bertz CT molecular complexity index is 961. The minimum atomic E-state index is -0.575. The Morgan fingerprint density at radius 1 is 1.10 bits per heavy atom. The molecule has 3 aromatic rings. The number of aromatic nitrogens is 2. The van der Waals surface area contributed by atoms with Gasteiger partial charge in [0.15, 0.2) is 0 Å². The van der Waals surface area contributed by atoms with E-state index in [2.05, 4.69) is 10.3 Å². The van der Waals surface area contributed by atoms with Gasteiger partial charge >= 0.3 is 6.09 Å². The lowest BCUT2D eigenvalue weighted by Crippen LogP contribution is -2.37. The summed E-state index contributed by atoms with van der Waals surface area (Å²) in [6, 6.07) is 17.6. The second-order valence-corrected chi connectivity index (χ2v) is 8.11. The average Bonchev–Trinajstić information content (AvgIpc) is 3.15. The van der Waals surface area contributed by atoms with Gasteiger partial charge in [-0.1, -0.05) is 48.5 Å². The van der Waals surface area contributed by atoms with E-state index in [0.29, 0.717) is 13.0 Å². The normalized spacial score (nSPS) is 12.3. The fourth-order valence-corrected chi connectivity index (χ4v) is 3.29. The summed E-state index contributed by atoms with van der Waals surface area (Å²) in [5, 5.41) is 3.00. The number of carbonyl (C=O) groups is 1. The minimum absolute atomic E-state index is 0.341. The van der Waals surface area contributed by atoms with E-state index in [1.807, 2.05) is 86.1 Å². The van der Waals surface area contributed by atoms with Gasteiger partial charge in [0.2, 0.25) is 0 Å². The number of para-hydroxylation sites is 1. The first-order chi connectivity index (χ1) is 14.4. The molecule has 2 aromatic carbocycles. The van der Waals surface area contributed by atoms with Crippen LogP contribution >= 0.6 is 0 Å². The predicted molar refractivity (Wildman–Crippen MR) is 117 cm³/mol. The van der Waals surface area contributed by atoms with Crippen molar-refractivity contribution in [1.82, 2.24) is 14.9 Å². The SMILES string of the molecule is COc1ccccc1Cn1ccnc1C(Cc1ccccc1)NC(=O)OC(C)(C)C. The molecule has 0 saturated carbocycles. The van der Waals surface area contributed by atoms with E-state index in [0.717, 1.165) is 22.7 Å². The largest absolute Gasteiger partial charge is 0.496 e. The molecule has 1 amide bonds. The van der Waals surface area contributed by atoms with Gasteiger partial charge in [0, 0.05) is 24.4 Å². The summed E-state index contributed by atoms with van der Waals surface area (Å²) in [7, 11) is 1.66. The summed E-state index contributed by atoms with van der Waals surface area (Å²) in [6.07, 6.45) is 3.80. The first-order valence-electron chi connectivity index (χ1n) is 10.0. The third kappa shape index (κ3) is 5.86. The van der Waals surface area contributed by atoms with Gasteiger partial charge in [0.25, 0.3) is 0 Å². The highest BCUT2D eigenvalue weighted by Gasteiger charge is 2.24. The molecule has 0 aliphatic carbocycles. The lowest BCUT2D eigenvalue weighted by atomic mass is 10.1. The highest BCUT2D eigenvalue weighted by molar-refractivity contribution is 5.68. The zero-order valence-electron chi connectivity index (χ0n) is 18.0. The fourth-order valence-electron chi connectivity index (χ4n) is 3.29. The number of benzene rings is 2. The zero-order valence-corrected chi connectivity index (χ0v) is 18.0. The molecule has 1 N–H and O–H groups in total. The van der Waals surface area contributed by atoms with Crippen LogP contribution in [-0.4, -0.2) is 28.4 Å². The fraction of sp³-hybridized carbons (Fsp3) is 0.333. The molecule has 1 aromatic heterocycles. The maximum absolute atomic E-state index is 12.5. The summed E-state index contributed by atoms with van der Waals surface area (Å²) < 4.78 is 13.0. The first kappa shape index (κ1) is 21.4. The molecule has 0 radical (unpaired) electrons. The van der Waals surface area contributed by atoms with Crippen molar-refractivity contribution in [3.63, 3.8) is 0 Å². The molecule has 1 heterocycles. The van der Waals surface area contributed by atoms with Crippen molar-refractivity contribution in [2.24, 2.45) is 0 Å². The molecule has 6 nitrogen and oxygen atoms in total. The highest BCUT2D eigenvalue weighted by atomic mass is 16.6. The second kappa shape index (κ2) is 9.48. The van der Waals surface area contributed by atoms with Crippen LogP contribution in [0.25, 0.3) is 0 Å². The molecule has 6 heteroatoms. The number of ether oxygens (including phenoxy) is 2. The highest BCUT2D eigenvalue weighted by Crippen LogP contribution is 2.23. The minimum Gasteiger partial charge on any atom is -0.496 e. The van der Waals surface area contributed by atoms with Crippen LogP contribution in [0.15, 0.2) is 67.0 Å². The van der Waals surface area contributed by atoms with Crippen molar-refractivity contribution in [3.8, 4) is 5.75 Å². The predicted octanol–water partition coefficient (Wildman–Crippen LogP) is 4.75. The smallest absolute Gasteiger partial charge is 0.408 e. The van der Waals surface area contributed by atoms with E-state index in [4.69, 9.17) is 9.47 Å². The van der Waals surface area contributed by atoms with Crippen LogP contribution < -0.4 is 10.1 Å². The van der Waals surface area contributed by atoms with Gasteiger partial charge in [-0.15, -0.1) is 0 Å². The van der Waals surface area contributed by atoms with Crippen LogP contribution in [0.2, 0.25) is 0 Å². The van der Waals surface area contributed by atoms with Gasteiger partial charge in [0.1, 0.15) is 17.2 Å². The molecule has 0 bridgehead atoms. The van der Waals surface area contributed by atoms with Crippen LogP contribution in [-0.2, 0) is 17.7 Å². The van der Waals surface area contributed by atoms with Crippen molar-refractivity contribution in [2.75, 3.05) is 7.11 Å². The number of rotatable bonds is 7. The summed E-state index contributed by atoms with van der Waals surface area (Å²) in [5.41, 5.74) is 1.56. The van der Waals surface area contributed by atoms with Crippen molar-refractivity contribution >= 4 is 6.09 Å². The van der Waals surface area contributed by atoms with Crippen molar-refractivity contribution in [2.45, 2.75) is 45.4 Å². The number of nitrogens with one attached hydrogen (secondary N) is 1. The van der Waals surface area contributed by atoms with Gasteiger partial charge < -0.3 is 19.4 Å². The van der Waals surface area contributed by atoms with Crippen LogP contribution in [0, 0.1) is 0 Å². The summed E-state index contributed by atoms with van der Waals surface area (Å²) in [4.78, 5) is 17.1. The molecule has 0 fully saturated rings. The molecule has 1 unspecified atom stereocenters. The maximum Gasteiger partial charge on any atom is 0.408 e. The number of alkyl carbamates (subject to hydrolysis) is 1. The molecule has 0 saturated heterocycles. The van der Waals surface area contributed by atoms with Gasteiger partial charge in [-0.2, -0.15) is 0 Å². The van der Waals surface area contributed by atoms with Gasteiger partial charge in [-0.3, -0.25) is 0 Å². The van der Waals surface area contributed by atoms with E-state index in [9.17, 15) is 4.79 Å². The molecule has 0 aliphatic rings. The monoisotopic (exact) mass is 407 g/mol. The Balaban J connectivity index is 1.88. The summed E-state index contributed by atoms with van der Waals surface area (Å²) in [6.45, 7) is 6.13. The van der Waals surface area contributed by atoms with Crippen molar-refractivity contribution < 1.29 is 14.3 Å². The van der Waals surface area contributed by atoms with E-state index in [1.165, 1.54) is 0 Å². The number of carbonyl (C=O) groups excluding carboxylic acids is 1. The third-order valence-electron chi connectivity index (χ3n) is 4.57. The summed E-state index contributed by atoms with van der Waals surface area (Å²) in [5.74, 6) is 1.58. The van der Waals surface area contributed by atoms with Gasteiger partial charge in [-0.25, -0.2) is 9.78 Å². The molecule has 158 valence electrons. The average molecular weight is 408 g/mol. The van der Waals surface area contributed by atoms with E-state index in [1.54, 1.807) is 13.3 Å². The quantitative estimate of drug-likeness (QED) is 0.614. The lowest BCUT2D eigenvalue weighted by molar-refractivity contribution is 0.0500. The van der Waals surface area contributed by atoms with Crippen LogP contribution in [0.4, 0.5) is 4.79 Å². The molecule has 0 spiro atoms. The Kier molecular flexibility index (Phi) is 6.77. The number of methoxy groups -OCH3 is 1. The number of hydrogen-bond donors (Lipinski definition) is 1. The van der Waals surface area contributed by atoms with Gasteiger partial charge in [0.05, 0.1) is 19.7 Å². The molecule has 0 aliphatic heterocycles. The number of amides is 1. The molecule has 3 rings (SSSR count). The van der Waals surface area contributed by atoms with Crippen LogP contribution in [0.1, 0.15) is 43.8 Å². The van der Waals surface area contributed by atoms with Crippen molar-refractivity contribution in [1.29, 1.82) is 0 Å². The van der Waals surface area contributed by atoms with E-state index >= 15 is 0 Å². The Hall–Kier alpha value is -3.28. The van der Waals surface area contributed by atoms with Crippen molar-refractivity contribution in [3.05, 3.63) is 83.9 Å². The van der Waals surface area contributed by atoms with Gasteiger partial charge in [-0.05, 0) is 32.4 Å². The molecular formula is C24H29N3O3.